The lowest BCUT2D eigenvalue weighted by Gasteiger charge is -2.41. The van der Waals surface area contributed by atoms with Gasteiger partial charge in [0.1, 0.15) is 0 Å². The van der Waals surface area contributed by atoms with Crippen molar-refractivity contribution >= 4 is 5.97 Å². The number of aliphatic hydroxyl groups excluding tert-OH is 1. The molecule has 2 N–H and O–H groups in total. The van der Waals surface area contributed by atoms with Crippen LogP contribution in [0, 0.1) is 11.3 Å². The van der Waals surface area contributed by atoms with Crippen LogP contribution in [-0.4, -0.2) is 26.0 Å². The highest BCUT2D eigenvalue weighted by atomic mass is 16.4. The predicted molar refractivity (Wildman–Crippen MR) is 65.9 cm³/mol. The van der Waals surface area contributed by atoms with Gasteiger partial charge in [0.25, 0.3) is 0 Å². The summed E-state index contributed by atoms with van der Waals surface area (Å²) in [5, 5.41) is 23.7. The number of carbonyl (C=O) groups is 1. The van der Waals surface area contributed by atoms with Gasteiger partial charge < -0.3 is 10.2 Å². The molecule has 0 aromatic carbocycles. The molecule has 1 atom stereocenters. The van der Waals surface area contributed by atoms with Gasteiger partial charge in [-0.05, 0) is 18.8 Å². The zero-order valence-corrected chi connectivity index (χ0v) is 10.8. The lowest BCUT2D eigenvalue weighted by molar-refractivity contribution is -0.166. The van der Waals surface area contributed by atoms with Crippen LogP contribution in [0.4, 0.5) is 0 Å². The average molecular weight is 252 g/mol. The number of hydrogen-bond donors (Lipinski definition) is 2. The SMILES string of the molecule is CC(C)Cn1cc([C@@H](O)C2(C(=O)O)CCC2)cn1. The summed E-state index contributed by atoms with van der Waals surface area (Å²) in [6.07, 6.45) is 4.33. The smallest absolute Gasteiger partial charge is 0.312 e. The molecule has 0 bridgehead atoms. The van der Waals surface area contributed by atoms with Crippen molar-refractivity contribution in [2.75, 3.05) is 0 Å². The molecule has 5 heteroatoms. The maximum Gasteiger partial charge on any atom is 0.312 e. The molecule has 1 heterocycles. The van der Waals surface area contributed by atoms with Crippen LogP contribution in [0.3, 0.4) is 0 Å². The zero-order valence-electron chi connectivity index (χ0n) is 10.8. The first-order chi connectivity index (χ1) is 8.45. The van der Waals surface area contributed by atoms with E-state index in [9.17, 15) is 15.0 Å². The Morgan fingerprint density at radius 3 is 2.67 bits per heavy atom. The van der Waals surface area contributed by atoms with Crippen molar-refractivity contribution in [1.82, 2.24) is 9.78 Å². The monoisotopic (exact) mass is 252 g/mol. The average Bonchev–Trinajstić information content (AvgIpc) is 2.62. The number of aromatic nitrogens is 2. The van der Waals surface area contributed by atoms with Gasteiger partial charge in [0, 0.05) is 18.3 Å². The first-order valence-corrected chi connectivity index (χ1v) is 6.39. The van der Waals surface area contributed by atoms with Gasteiger partial charge in [-0.2, -0.15) is 5.10 Å². The van der Waals surface area contributed by atoms with E-state index in [1.54, 1.807) is 17.1 Å². The summed E-state index contributed by atoms with van der Waals surface area (Å²) < 4.78 is 1.76. The summed E-state index contributed by atoms with van der Waals surface area (Å²) in [7, 11) is 0. The fourth-order valence-corrected chi connectivity index (χ4v) is 2.48. The molecule has 0 unspecified atom stereocenters. The molecule has 0 amide bonds. The number of hydrogen-bond acceptors (Lipinski definition) is 3. The predicted octanol–water partition coefficient (Wildman–Crippen LogP) is 1.83. The highest BCUT2D eigenvalue weighted by Crippen LogP contribution is 2.50. The summed E-state index contributed by atoms with van der Waals surface area (Å²) in [5.74, 6) is -0.440. The summed E-state index contributed by atoms with van der Waals surface area (Å²) in [6.45, 7) is 4.94. The standard InChI is InChI=1S/C13H20N2O3/c1-9(2)7-15-8-10(6-14-15)11(16)13(12(17)18)4-3-5-13/h6,8-9,11,16H,3-5,7H2,1-2H3,(H,17,18)/t11-/m1/s1. The van der Waals surface area contributed by atoms with Gasteiger partial charge in [-0.15, -0.1) is 0 Å². The molecule has 1 aliphatic rings. The molecular formula is C13H20N2O3. The third kappa shape index (κ3) is 2.14. The lowest BCUT2D eigenvalue weighted by Crippen LogP contribution is -2.43. The van der Waals surface area contributed by atoms with E-state index in [0.29, 0.717) is 24.3 Å². The van der Waals surface area contributed by atoms with Gasteiger partial charge in [-0.3, -0.25) is 9.48 Å². The van der Waals surface area contributed by atoms with Crippen molar-refractivity contribution in [2.24, 2.45) is 11.3 Å². The number of aliphatic carboxylic acids is 1. The molecule has 1 aliphatic carbocycles. The maximum absolute atomic E-state index is 11.3. The number of rotatable bonds is 5. The van der Waals surface area contributed by atoms with Gasteiger partial charge in [-0.1, -0.05) is 20.3 Å². The fraction of sp³-hybridized carbons (Fsp3) is 0.692. The second kappa shape index (κ2) is 4.72. The van der Waals surface area contributed by atoms with Gasteiger partial charge >= 0.3 is 5.97 Å². The number of nitrogens with zero attached hydrogens (tertiary/aromatic N) is 2. The summed E-state index contributed by atoms with van der Waals surface area (Å²) in [5.41, 5.74) is -0.385. The van der Waals surface area contributed by atoms with Crippen LogP contribution in [-0.2, 0) is 11.3 Å². The molecule has 100 valence electrons. The molecule has 1 fully saturated rings. The van der Waals surface area contributed by atoms with Crippen LogP contribution in [0.2, 0.25) is 0 Å². The van der Waals surface area contributed by atoms with Crippen LogP contribution < -0.4 is 0 Å². The Bertz CT molecular complexity index is 435. The normalized spacial score (nSPS) is 19.6. The molecule has 18 heavy (non-hydrogen) atoms. The van der Waals surface area contributed by atoms with E-state index in [0.717, 1.165) is 13.0 Å². The van der Waals surface area contributed by atoms with Crippen LogP contribution in [0.15, 0.2) is 12.4 Å². The molecule has 1 aromatic heterocycles. The Morgan fingerprint density at radius 1 is 1.56 bits per heavy atom. The lowest BCUT2D eigenvalue weighted by atomic mass is 9.64. The molecule has 1 aromatic rings. The van der Waals surface area contributed by atoms with E-state index < -0.39 is 17.5 Å². The van der Waals surface area contributed by atoms with Gasteiger partial charge in [-0.25, -0.2) is 0 Å². The van der Waals surface area contributed by atoms with E-state index in [4.69, 9.17) is 0 Å². The Hall–Kier alpha value is -1.36. The van der Waals surface area contributed by atoms with Crippen molar-refractivity contribution in [3.63, 3.8) is 0 Å². The largest absolute Gasteiger partial charge is 0.481 e. The van der Waals surface area contributed by atoms with Gasteiger partial charge in [0.15, 0.2) is 0 Å². The molecule has 2 rings (SSSR count). The molecule has 0 aliphatic heterocycles. The number of carboxylic acid groups (broad SMARTS) is 1. The Kier molecular flexibility index (Phi) is 3.43. The Morgan fingerprint density at radius 2 is 2.22 bits per heavy atom. The van der Waals surface area contributed by atoms with Gasteiger partial charge in [0.05, 0.1) is 17.7 Å². The quantitative estimate of drug-likeness (QED) is 0.838. The van der Waals surface area contributed by atoms with Crippen molar-refractivity contribution in [2.45, 2.75) is 45.8 Å². The van der Waals surface area contributed by atoms with Gasteiger partial charge in [0.2, 0.25) is 0 Å². The summed E-state index contributed by atoms with van der Waals surface area (Å²) in [6, 6.07) is 0. The van der Waals surface area contributed by atoms with Crippen molar-refractivity contribution < 1.29 is 15.0 Å². The first kappa shape index (κ1) is 13.1. The fourth-order valence-electron chi connectivity index (χ4n) is 2.48. The molecule has 0 saturated heterocycles. The van der Waals surface area contributed by atoms with E-state index in [1.807, 2.05) is 0 Å². The van der Waals surface area contributed by atoms with Crippen LogP contribution in [0.1, 0.15) is 44.8 Å². The topological polar surface area (TPSA) is 75.4 Å². The molecule has 0 radical (unpaired) electrons. The first-order valence-electron chi connectivity index (χ1n) is 6.39. The van der Waals surface area contributed by atoms with Crippen molar-refractivity contribution in [1.29, 1.82) is 0 Å². The van der Waals surface area contributed by atoms with Crippen LogP contribution in [0.25, 0.3) is 0 Å². The van der Waals surface area contributed by atoms with Crippen molar-refractivity contribution in [3.05, 3.63) is 18.0 Å². The van der Waals surface area contributed by atoms with Crippen LogP contribution >= 0.6 is 0 Å². The second-order valence-electron chi connectivity index (χ2n) is 5.61. The van der Waals surface area contributed by atoms with E-state index in [-0.39, 0.29) is 0 Å². The summed E-state index contributed by atoms with van der Waals surface area (Å²) >= 11 is 0. The third-order valence-corrected chi connectivity index (χ3v) is 3.72. The van der Waals surface area contributed by atoms with E-state index in [1.165, 1.54) is 0 Å². The highest BCUT2D eigenvalue weighted by Gasteiger charge is 2.51. The molecular weight excluding hydrogens is 232 g/mol. The third-order valence-electron chi connectivity index (χ3n) is 3.72. The summed E-state index contributed by atoms with van der Waals surface area (Å²) in [4.78, 5) is 11.3. The number of carboxylic acids is 1. The van der Waals surface area contributed by atoms with Crippen molar-refractivity contribution in [3.8, 4) is 0 Å². The Labute approximate surface area is 106 Å². The molecule has 0 spiro atoms. The molecule has 1 saturated carbocycles. The van der Waals surface area contributed by atoms with E-state index in [2.05, 4.69) is 18.9 Å². The minimum absolute atomic E-state index is 0.465. The minimum Gasteiger partial charge on any atom is -0.481 e. The van der Waals surface area contributed by atoms with Crippen LogP contribution in [0.5, 0.6) is 0 Å². The maximum atomic E-state index is 11.3. The second-order valence-corrected chi connectivity index (χ2v) is 5.61. The minimum atomic E-state index is -0.994. The van der Waals surface area contributed by atoms with E-state index >= 15 is 0 Å². The number of aliphatic hydroxyl groups is 1. The molecule has 5 nitrogen and oxygen atoms in total. The zero-order chi connectivity index (χ0) is 13.3. The highest BCUT2D eigenvalue weighted by molar-refractivity contribution is 5.76. The Balaban J connectivity index is 2.15.